The highest BCUT2D eigenvalue weighted by Gasteiger charge is 2.33. The first-order chi connectivity index (χ1) is 9.81. The number of hydrogen-bond acceptors (Lipinski definition) is 3. The van der Waals surface area contributed by atoms with E-state index in [1.807, 2.05) is 0 Å². The Bertz CT molecular complexity index is 724. The molecule has 0 spiro atoms. The van der Waals surface area contributed by atoms with Crippen molar-refractivity contribution in [3.05, 3.63) is 51.6 Å². The van der Waals surface area contributed by atoms with Crippen LogP contribution in [0.3, 0.4) is 0 Å². The molecular formula is C13H6Cl2F3N3. The van der Waals surface area contributed by atoms with Gasteiger partial charge < -0.3 is 5.32 Å². The van der Waals surface area contributed by atoms with Crippen LogP contribution in [-0.4, -0.2) is 4.98 Å². The van der Waals surface area contributed by atoms with Gasteiger partial charge in [0.1, 0.15) is 17.6 Å². The number of nitriles is 1. The molecule has 108 valence electrons. The molecule has 0 aliphatic rings. The Morgan fingerprint density at radius 2 is 1.86 bits per heavy atom. The fraction of sp³-hybridized carbons (Fsp3) is 0.0769. The van der Waals surface area contributed by atoms with Crippen molar-refractivity contribution in [2.45, 2.75) is 6.18 Å². The van der Waals surface area contributed by atoms with Crippen LogP contribution in [0.2, 0.25) is 10.0 Å². The van der Waals surface area contributed by atoms with E-state index in [9.17, 15) is 13.2 Å². The number of aromatic nitrogens is 1. The van der Waals surface area contributed by atoms with E-state index in [0.717, 1.165) is 12.1 Å². The Balaban J connectivity index is 2.45. The summed E-state index contributed by atoms with van der Waals surface area (Å²) in [7, 11) is 0. The highest BCUT2D eigenvalue weighted by molar-refractivity contribution is 6.36. The zero-order chi connectivity index (χ0) is 15.6. The van der Waals surface area contributed by atoms with Crippen LogP contribution in [0.15, 0.2) is 30.3 Å². The highest BCUT2D eigenvalue weighted by atomic mass is 35.5. The average Bonchev–Trinajstić information content (AvgIpc) is 2.41. The smallest absolute Gasteiger partial charge is 0.338 e. The number of benzene rings is 1. The first-order valence-electron chi connectivity index (χ1n) is 5.51. The molecule has 1 aromatic heterocycles. The number of alkyl halides is 3. The number of nitrogens with zero attached hydrogens (tertiary/aromatic N) is 2. The lowest BCUT2D eigenvalue weighted by Gasteiger charge is -2.12. The first-order valence-corrected chi connectivity index (χ1v) is 6.27. The first kappa shape index (κ1) is 15.4. The van der Waals surface area contributed by atoms with Crippen molar-refractivity contribution in [1.29, 1.82) is 5.26 Å². The third-order valence-electron chi connectivity index (χ3n) is 2.49. The van der Waals surface area contributed by atoms with E-state index in [1.54, 1.807) is 6.07 Å². The molecule has 1 heterocycles. The summed E-state index contributed by atoms with van der Waals surface area (Å²) < 4.78 is 38.0. The molecule has 0 bridgehead atoms. The Labute approximate surface area is 127 Å². The molecule has 0 saturated heterocycles. The molecule has 1 N–H and O–H groups in total. The van der Waals surface area contributed by atoms with Gasteiger partial charge in [-0.05, 0) is 30.3 Å². The van der Waals surface area contributed by atoms with Gasteiger partial charge in [-0.3, -0.25) is 0 Å². The Morgan fingerprint density at radius 1 is 1.14 bits per heavy atom. The standard InChI is InChI=1S/C13H6Cl2F3N3/c14-8-2-3-10(9(15)5-8)20-12-7(6-19)1-4-11(21-12)13(16,17)18/h1-5H,(H,20,21). The molecule has 0 aliphatic carbocycles. The lowest BCUT2D eigenvalue weighted by molar-refractivity contribution is -0.141. The maximum Gasteiger partial charge on any atom is 0.433 e. The van der Waals surface area contributed by atoms with Gasteiger partial charge in [-0.15, -0.1) is 0 Å². The molecule has 2 aromatic rings. The summed E-state index contributed by atoms with van der Waals surface area (Å²) in [6.07, 6.45) is -4.60. The number of rotatable bonds is 2. The summed E-state index contributed by atoms with van der Waals surface area (Å²) in [6, 6.07) is 7.96. The maximum absolute atomic E-state index is 12.7. The van der Waals surface area contributed by atoms with Crippen LogP contribution in [0, 0.1) is 11.3 Å². The highest BCUT2D eigenvalue weighted by Crippen LogP contribution is 2.32. The minimum atomic E-state index is -4.60. The van der Waals surface area contributed by atoms with Gasteiger partial charge in [-0.25, -0.2) is 4.98 Å². The topological polar surface area (TPSA) is 48.7 Å². The normalized spacial score (nSPS) is 11.0. The van der Waals surface area contributed by atoms with Gasteiger partial charge in [0.25, 0.3) is 0 Å². The molecule has 1 aromatic carbocycles. The van der Waals surface area contributed by atoms with Gasteiger partial charge in [-0.1, -0.05) is 23.2 Å². The Morgan fingerprint density at radius 3 is 2.43 bits per heavy atom. The van der Waals surface area contributed by atoms with Crippen molar-refractivity contribution >= 4 is 34.7 Å². The lowest BCUT2D eigenvalue weighted by atomic mass is 10.2. The predicted octanol–water partition coefficient (Wildman–Crippen LogP) is 5.02. The number of hydrogen-bond donors (Lipinski definition) is 1. The predicted molar refractivity (Wildman–Crippen MR) is 73.7 cm³/mol. The SMILES string of the molecule is N#Cc1ccc(C(F)(F)F)nc1Nc1ccc(Cl)cc1Cl. The molecule has 0 radical (unpaired) electrons. The molecule has 2 rings (SSSR count). The molecular weight excluding hydrogens is 326 g/mol. The number of halogens is 5. The third kappa shape index (κ3) is 3.57. The van der Waals surface area contributed by atoms with E-state index in [4.69, 9.17) is 28.5 Å². The molecule has 3 nitrogen and oxygen atoms in total. The largest absolute Gasteiger partial charge is 0.433 e. The van der Waals surface area contributed by atoms with Crippen LogP contribution in [-0.2, 0) is 6.18 Å². The van der Waals surface area contributed by atoms with Crippen LogP contribution in [0.4, 0.5) is 24.7 Å². The summed E-state index contributed by atoms with van der Waals surface area (Å²) in [5, 5.41) is 12.1. The maximum atomic E-state index is 12.7. The molecule has 0 fully saturated rings. The van der Waals surface area contributed by atoms with Crippen LogP contribution >= 0.6 is 23.2 Å². The summed E-state index contributed by atoms with van der Waals surface area (Å²) in [6.45, 7) is 0. The molecule has 0 unspecified atom stereocenters. The summed E-state index contributed by atoms with van der Waals surface area (Å²) in [5.41, 5.74) is -0.840. The van der Waals surface area contributed by atoms with Gasteiger partial charge in [0, 0.05) is 5.02 Å². The van der Waals surface area contributed by atoms with Crippen molar-refractivity contribution < 1.29 is 13.2 Å². The van der Waals surface area contributed by atoms with Crippen LogP contribution in [0.1, 0.15) is 11.3 Å². The molecule has 8 heteroatoms. The number of anilines is 2. The van der Waals surface area contributed by atoms with E-state index >= 15 is 0 Å². The van der Waals surface area contributed by atoms with Crippen LogP contribution in [0.25, 0.3) is 0 Å². The molecule has 21 heavy (non-hydrogen) atoms. The van der Waals surface area contributed by atoms with E-state index in [0.29, 0.717) is 10.7 Å². The third-order valence-corrected chi connectivity index (χ3v) is 3.04. The Hall–Kier alpha value is -1.97. The van der Waals surface area contributed by atoms with Gasteiger partial charge in [0.2, 0.25) is 0 Å². The van der Waals surface area contributed by atoms with Crippen molar-refractivity contribution in [1.82, 2.24) is 4.98 Å². The van der Waals surface area contributed by atoms with E-state index < -0.39 is 11.9 Å². The molecule has 0 aliphatic heterocycles. The summed E-state index contributed by atoms with van der Waals surface area (Å²) in [4.78, 5) is 3.42. The summed E-state index contributed by atoms with van der Waals surface area (Å²) in [5.74, 6) is -0.225. The number of pyridine rings is 1. The zero-order valence-electron chi connectivity index (χ0n) is 10.2. The zero-order valence-corrected chi connectivity index (χ0v) is 11.7. The fourth-order valence-electron chi connectivity index (χ4n) is 1.52. The minimum absolute atomic E-state index is 0.0333. The van der Waals surface area contributed by atoms with Crippen LogP contribution < -0.4 is 5.32 Å². The van der Waals surface area contributed by atoms with Crippen molar-refractivity contribution in [3.8, 4) is 6.07 Å². The molecule has 0 saturated carbocycles. The summed E-state index contributed by atoms with van der Waals surface area (Å²) >= 11 is 11.7. The Kier molecular flexibility index (Phi) is 4.26. The van der Waals surface area contributed by atoms with Crippen molar-refractivity contribution in [2.75, 3.05) is 5.32 Å². The van der Waals surface area contributed by atoms with Gasteiger partial charge in [0.15, 0.2) is 0 Å². The second-order valence-electron chi connectivity index (χ2n) is 3.95. The quantitative estimate of drug-likeness (QED) is 0.840. The monoisotopic (exact) mass is 331 g/mol. The fourth-order valence-corrected chi connectivity index (χ4v) is 1.98. The van der Waals surface area contributed by atoms with Crippen LogP contribution in [0.5, 0.6) is 0 Å². The van der Waals surface area contributed by atoms with Gasteiger partial charge in [-0.2, -0.15) is 18.4 Å². The van der Waals surface area contributed by atoms with Gasteiger partial charge in [0.05, 0.1) is 16.3 Å². The molecule has 0 amide bonds. The van der Waals surface area contributed by atoms with Crippen molar-refractivity contribution in [2.24, 2.45) is 0 Å². The second kappa shape index (κ2) is 5.80. The number of nitrogens with one attached hydrogen (secondary N) is 1. The van der Waals surface area contributed by atoms with Crippen molar-refractivity contribution in [3.63, 3.8) is 0 Å². The van der Waals surface area contributed by atoms with E-state index in [1.165, 1.54) is 18.2 Å². The second-order valence-corrected chi connectivity index (χ2v) is 4.80. The average molecular weight is 332 g/mol. The lowest BCUT2D eigenvalue weighted by Crippen LogP contribution is -2.10. The van der Waals surface area contributed by atoms with E-state index in [2.05, 4.69) is 10.3 Å². The van der Waals surface area contributed by atoms with Gasteiger partial charge >= 0.3 is 6.18 Å². The van der Waals surface area contributed by atoms with E-state index in [-0.39, 0.29) is 16.4 Å². The molecule has 0 atom stereocenters. The minimum Gasteiger partial charge on any atom is -0.338 e.